The molecule has 1 saturated heterocycles. The number of nitrogens with zero attached hydrogens (tertiary/aromatic N) is 1. The van der Waals surface area contributed by atoms with Crippen molar-refractivity contribution in [1.29, 1.82) is 0 Å². The van der Waals surface area contributed by atoms with Crippen molar-refractivity contribution in [3.05, 3.63) is 18.2 Å². The largest absolute Gasteiger partial charge is 0.347 e. The van der Waals surface area contributed by atoms with Crippen molar-refractivity contribution in [2.45, 2.75) is 39.3 Å². The summed E-state index contributed by atoms with van der Waals surface area (Å²) in [5.41, 5.74) is 0.395. The molecule has 1 fully saturated rings. The van der Waals surface area contributed by atoms with Crippen LogP contribution in [0.3, 0.4) is 0 Å². The fourth-order valence-corrected chi connectivity index (χ4v) is 3.73. The van der Waals surface area contributed by atoms with Crippen LogP contribution in [0.4, 0.5) is 0 Å². The molecule has 2 atom stereocenters. The van der Waals surface area contributed by atoms with Crippen molar-refractivity contribution in [2.24, 2.45) is 5.41 Å². The van der Waals surface area contributed by atoms with Crippen LogP contribution in [0.1, 0.15) is 39.1 Å². The Morgan fingerprint density at radius 2 is 2.44 bits per heavy atom. The van der Waals surface area contributed by atoms with Crippen LogP contribution in [0.25, 0.3) is 0 Å². The smallest absolute Gasteiger partial charge is 0.122 e. The summed E-state index contributed by atoms with van der Waals surface area (Å²) in [6, 6.07) is 0.879. The Hall–Kier alpha value is -0.480. The Balaban J connectivity index is 1.98. The molecule has 1 aromatic heterocycles. The molecule has 1 aliphatic heterocycles. The van der Waals surface area contributed by atoms with Gasteiger partial charge in [-0.25, -0.2) is 4.98 Å². The molecule has 1 aromatic rings. The van der Waals surface area contributed by atoms with E-state index in [-0.39, 0.29) is 0 Å². The highest BCUT2D eigenvalue weighted by molar-refractivity contribution is 7.99. The van der Waals surface area contributed by atoms with Crippen LogP contribution >= 0.6 is 11.8 Å². The van der Waals surface area contributed by atoms with Crippen molar-refractivity contribution in [3.8, 4) is 0 Å². The lowest BCUT2D eigenvalue weighted by molar-refractivity contribution is 0.230. The summed E-state index contributed by atoms with van der Waals surface area (Å²) in [5.74, 6) is 3.53. The second-order valence-electron chi connectivity index (χ2n) is 5.23. The van der Waals surface area contributed by atoms with E-state index < -0.39 is 0 Å². The number of rotatable bonds is 3. The van der Waals surface area contributed by atoms with Crippen molar-refractivity contribution in [3.63, 3.8) is 0 Å². The lowest BCUT2D eigenvalue weighted by Crippen LogP contribution is -2.47. The van der Waals surface area contributed by atoms with Gasteiger partial charge in [0.05, 0.1) is 6.04 Å². The molecular weight excluding hydrogens is 218 g/mol. The zero-order valence-electron chi connectivity index (χ0n) is 10.3. The normalized spacial score (nSPS) is 26.6. The maximum atomic E-state index is 4.30. The number of hydrogen-bond donors (Lipinski definition) is 2. The minimum atomic E-state index is 0.304. The van der Waals surface area contributed by atoms with E-state index in [0.717, 1.165) is 5.82 Å². The Kier molecular flexibility index (Phi) is 3.60. The van der Waals surface area contributed by atoms with Gasteiger partial charge in [0.2, 0.25) is 0 Å². The first-order valence-corrected chi connectivity index (χ1v) is 7.08. The van der Waals surface area contributed by atoms with Crippen molar-refractivity contribution in [2.75, 3.05) is 11.5 Å². The zero-order chi connectivity index (χ0) is 11.6. The highest BCUT2D eigenvalue weighted by Crippen LogP contribution is 2.35. The van der Waals surface area contributed by atoms with Gasteiger partial charge in [-0.3, -0.25) is 0 Å². The average Bonchev–Trinajstić information content (AvgIpc) is 2.74. The van der Waals surface area contributed by atoms with Gasteiger partial charge in [-0.2, -0.15) is 11.8 Å². The monoisotopic (exact) mass is 239 g/mol. The minimum absolute atomic E-state index is 0.304. The Bertz CT molecular complexity index is 321. The van der Waals surface area contributed by atoms with Crippen molar-refractivity contribution in [1.82, 2.24) is 15.3 Å². The highest BCUT2D eigenvalue weighted by atomic mass is 32.2. The number of aromatic amines is 1. The van der Waals surface area contributed by atoms with Gasteiger partial charge in [-0.15, -0.1) is 0 Å². The molecule has 2 N–H and O–H groups in total. The van der Waals surface area contributed by atoms with E-state index >= 15 is 0 Å². The molecule has 2 heterocycles. The van der Waals surface area contributed by atoms with Gasteiger partial charge in [0.15, 0.2) is 0 Å². The lowest BCUT2D eigenvalue weighted by Gasteiger charge is -2.40. The van der Waals surface area contributed by atoms with Crippen molar-refractivity contribution >= 4 is 11.8 Å². The zero-order valence-corrected chi connectivity index (χ0v) is 11.1. The van der Waals surface area contributed by atoms with E-state index in [9.17, 15) is 0 Å². The van der Waals surface area contributed by atoms with Gasteiger partial charge < -0.3 is 10.3 Å². The Morgan fingerprint density at radius 1 is 1.62 bits per heavy atom. The van der Waals surface area contributed by atoms with Crippen LogP contribution in [0.2, 0.25) is 0 Å². The molecule has 0 aromatic carbocycles. The second-order valence-corrected chi connectivity index (χ2v) is 6.38. The molecule has 0 amide bonds. The molecule has 2 rings (SSSR count). The van der Waals surface area contributed by atoms with E-state index in [1.807, 2.05) is 12.4 Å². The maximum absolute atomic E-state index is 4.30. The van der Waals surface area contributed by atoms with Gasteiger partial charge in [0.25, 0.3) is 0 Å². The minimum Gasteiger partial charge on any atom is -0.347 e. The van der Waals surface area contributed by atoms with E-state index in [2.05, 4.69) is 47.8 Å². The molecule has 0 spiro atoms. The van der Waals surface area contributed by atoms with Crippen LogP contribution < -0.4 is 5.32 Å². The third kappa shape index (κ3) is 2.61. The molecular formula is C12H21N3S. The van der Waals surface area contributed by atoms with Crippen molar-refractivity contribution < 1.29 is 0 Å². The maximum Gasteiger partial charge on any atom is 0.122 e. The van der Waals surface area contributed by atoms with E-state index in [1.54, 1.807) is 0 Å². The van der Waals surface area contributed by atoms with Gasteiger partial charge >= 0.3 is 0 Å². The highest BCUT2D eigenvalue weighted by Gasteiger charge is 2.33. The average molecular weight is 239 g/mol. The fourth-order valence-electron chi connectivity index (χ4n) is 2.10. The predicted octanol–water partition coefficient (Wildman–Crippen LogP) is 2.59. The first-order chi connectivity index (χ1) is 7.59. The molecule has 0 radical (unpaired) electrons. The predicted molar refractivity (Wildman–Crippen MR) is 69.6 cm³/mol. The number of hydrogen-bond acceptors (Lipinski definition) is 3. The quantitative estimate of drug-likeness (QED) is 0.852. The molecule has 4 heteroatoms. The number of imidazole rings is 1. The number of H-pyrrole nitrogens is 1. The summed E-state index contributed by atoms with van der Waals surface area (Å²) in [6.07, 6.45) is 4.99. The molecule has 3 nitrogen and oxygen atoms in total. The van der Waals surface area contributed by atoms with Gasteiger partial charge in [-0.1, -0.05) is 13.8 Å². The summed E-state index contributed by atoms with van der Waals surface area (Å²) >= 11 is 2.05. The van der Waals surface area contributed by atoms with Crippen LogP contribution in [-0.4, -0.2) is 27.5 Å². The van der Waals surface area contributed by atoms with E-state index in [4.69, 9.17) is 0 Å². The van der Waals surface area contributed by atoms with E-state index in [1.165, 1.54) is 17.9 Å². The summed E-state index contributed by atoms with van der Waals surface area (Å²) < 4.78 is 0. The lowest BCUT2D eigenvalue weighted by atomic mass is 9.82. The fraction of sp³-hybridized carbons (Fsp3) is 0.750. The SMILES string of the molecule is CC(NC1CSCCC1(C)C)c1ncc[nH]1. The first kappa shape index (κ1) is 12.0. The molecule has 90 valence electrons. The summed E-state index contributed by atoms with van der Waals surface area (Å²) in [5, 5.41) is 3.70. The van der Waals surface area contributed by atoms with Crippen LogP contribution in [-0.2, 0) is 0 Å². The first-order valence-electron chi connectivity index (χ1n) is 5.93. The van der Waals surface area contributed by atoms with Crippen LogP contribution in [0.15, 0.2) is 12.4 Å². The van der Waals surface area contributed by atoms with Gasteiger partial charge in [0, 0.05) is 24.2 Å². The third-order valence-electron chi connectivity index (χ3n) is 3.50. The molecule has 1 aliphatic rings. The molecule has 16 heavy (non-hydrogen) atoms. The van der Waals surface area contributed by atoms with E-state index in [0.29, 0.717) is 17.5 Å². The Morgan fingerprint density at radius 3 is 3.06 bits per heavy atom. The number of aromatic nitrogens is 2. The number of nitrogens with one attached hydrogen (secondary N) is 2. The van der Waals surface area contributed by atoms with Crippen LogP contribution in [0, 0.1) is 5.41 Å². The summed E-state index contributed by atoms with van der Waals surface area (Å²) in [7, 11) is 0. The van der Waals surface area contributed by atoms with Gasteiger partial charge in [0.1, 0.15) is 5.82 Å². The molecule has 0 bridgehead atoms. The van der Waals surface area contributed by atoms with Gasteiger partial charge in [-0.05, 0) is 24.5 Å². The van der Waals surface area contributed by atoms with Crippen LogP contribution in [0.5, 0.6) is 0 Å². The topological polar surface area (TPSA) is 40.7 Å². The second kappa shape index (κ2) is 4.80. The molecule has 0 saturated carbocycles. The summed E-state index contributed by atoms with van der Waals surface area (Å²) in [4.78, 5) is 7.48. The molecule has 0 aliphatic carbocycles. The Labute approximate surface area is 102 Å². The molecule has 2 unspecified atom stereocenters. The standard InChI is InChI=1S/C12H21N3S/c1-9(11-13-5-6-14-11)15-10-8-16-7-4-12(10,2)3/h5-6,9-10,15H,4,7-8H2,1-3H3,(H,13,14). The summed E-state index contributed by atoms with van der Waals surface area (Å²) in [6.45, 7) is 6.90. The number of thioether (sulfide) groups is 1. The third-order valence-corrected chi connectivity index (χ3v) is 4.56.